The molecule has 178 valence electrons. The molecule has 0 spiro atoms. The van der Waals surface area contributed by atoms with E-state index in [0.29, 0.717) is 42.7 Å². The summed E-state index contributed by atoms with van der Waals surface area (Å²) in [5.74, 6) is 0.665. The van der Waals surface area contributed by atoms with Crippen molar-refractivity contribution >= 4 is 40.1 Å². The van der Waals surface area contributed by atoms with Crippen LogP contribution < -0.4 is 4.90 Å². The van der Waals surface area contributed by atoms with Gasteiger partial charge in [-0.2, -0.15) is 0 Å². The number of amides is 1. The van der Waals surface area contributed by atoms with Gasteiger partial charge in [0.25, 0.3) is 16.8 Å². The molecule has 5 rings (SSSR count). The molecular weight excluding hydrogens is 464 g/mol. The molecule has 1 aliphatic heterocycles. The average molecular weight is 489 g/mol. The van der Waals surface area contributed by atoms with Crippen molar-refractivity contribution in [3.63, 3.8) is 0 Å². The predicted molar refractivity (Wildman–Crippen MR) is 136 cm³/mol. The van der Waals surface area contributed by atoms with Gasteiger partial charge in [-0.15, -0.1) is 0 Å². The fourth-order valence-corrected chi connectivity index (χ4v) is 4.98. The molecule has 1 fully saturated rings. The van der Waals surface area contributed by atoms with E-state index in [9.17, 15) is 14.9 Å². The summed E-state index contributed by atoms with van der Waals surface area (Å²) in [7, 11) is 0. The summed E-state index contributed by atoms with van der Waals surface area (Å²) >= 11 is 1.51. The number of nitrogens with zero attached hydrogens (tertiary/aromatic N) is 4. The fraction of sp³-hybridized carbons (Fsp3) is 0.231. The van der Waals surface area contributed by atoms with E-state index < -0.39 is 4.92 Å². The molecule has 8 nitrogen and oxygen atoms in total. The number of piperazine rings is 1. The zero-order valence-electron chi connectivity index (χ0n) is 19.2. The van der Waals surface area contributed by atoms with Crippen molar-refractivity contribution in [1.29, 1.82) is 0 Å². The van der Waals surface area contributed by atoms with Crippen LogP contribution in [0.4, 0.5) is 11.4 Å². The Labute approximate surface area is 206 Å². The van der Waals surface area contributed by atoms with Crippen LogP contribution in [0.5, 0.6) is 0 Å². The number of thioether (sulfide) groups is 1. The number of carbonyl (C=O) groups excluding carboxylic acids is 1. The van der Waals surface area contributed by atoms with Crippen molar-refractivity contribution < 1.29 is 14.1 Å². The first kappa shape index (κ1) is 22.9. The maximum atomic E-state index is 13.1. The Morgan fingerprint density at radius 1 is 1.06 bits per heavy atom. The van der Waals surface area contributed by atoms with Gasteiger partial charge in [-0.3, -0.25) is 14.9 Å². The molecule has 4 aromatic rings. The maximum absolute atomic E-state index is 13.1. The molecule has 1 aromatic heterocycles. The summed E-state index contributed by atoms with van der Waals surface area (Å²) < 4.78 is 5.85. The molecular formula is C26H24N4O4S. The van der Waals surface area contributed by atoms with Gasteiger partial charge >= 0.3 is 0 Å². The van der Waals surface area contributed by atoms with Crippen molar-refractivity contribution in [2.45, 2.75) is 17.9 Å². The van der Waals surface area contributed by atoms with E-state index in [4.69, 9.17) is 4.42 Å². The van der Waals surface area contributed by atoms with Gasteiger partial charge < -0.3 is 14.2 Å². The van der Waals surface area contributed by atoms with Crippen LogP contribution >= 0.6 is 11.8 Å². The Bertz CT molecular complexity index is 1380. The zero-order chi connectivity index (χ0) is 24.4. The second-order valence-electron chi connectivity index (χ2n) is 8.44. The molecule has 0 aliphatic carbocycles. The number of carbonyl (C=O) groups is 1. The van der Waals surface area contributed by atoms with Crippen molar-refractivity contribution in [2.75, 3.05) is 31.1 Å². The lowest BCUT2D eigenvalue weighted by Gasteiger charge is -2.36. The molecule has 1 amide bonds. The normalized spacial score (nSPS) is 13.9. The fourth-order valence-electron chi connectivity index (χ4n) is 4.20. The number of non-ortho nitro benzene ring substituents is 1. The Hall–Kier alpha value is -3.85. The van der Waals surface area contributed by atoms with E-state index in [1.54, 1.807) is 12.1 Å². The highest BCUT2D eigenvalue weighted by Gasteiger charge is 2.23. The number of nitro benzene ring substituents is 1. The lowest BCUT2D eigenvalue weighted by Crippen LogP contribution is -2.48. The van der Waals surface area contributed by atoms with Crippen LogP contribution in [-0.2, 0) is 5.75 Å². The first-order valence-corrected chi connectivity index (χ1v) is 12.3. The summed E-state index contributed by atoms with van der Waals surface area (Å²) in [4.78, 5) is 32.2. The molecule has 0 atom stereocenters. The monoisotopic (exact) mass is 488 g/mol. The van der Waals surface area contributed by atoms with Crippen LogP contribution in [0, 0.1) is 17.0 Å². The molecule has 9 heteroatoms. The smallest absolute Gasteiger partial charge is 0.269 e. The number of nitro groups is 1. The van der Waals surface area contributed by atoms with E-state index in [1.165, 1.54) is 23.9 Å². The highest BCUT2D eigenvalue weighted by atomic mass is 32.2. The van der Waals surface area contributed by atoms with E-state index in [0.717, 1.165) is 27.9 Å². The molecule has 2 heterocycles. The lowest BCUT2D eigenvalue weighted by atomic mass is 10.1. The largest absolute Gasteiger partial charge is 0.431 e. The molecule has 35 heavy (non-hydrogen) atoms. The summed E-state index contributed by atoms with van der Waals surface area (Å²) in [6.07, 6.45) is 0. The highest BCUT2D eigenvalue weighted by Crippen LogP contribution is 2.28. The second kappa shape index (κ2) is 9.79. The third kappa shape index (κ3) is 5.00. The zero-order valence-corrected chi connectivity index (χ0v) is 20.0. The van der Waals surface area contributed by atoms with Crippen molar-refractivity contribution in [3.05, 3.63) is 93.5 Å². The number of hydrogen-bond acceptors (Lipinski definition) is 7. The molecule has 1 saturated heterocycles. The molecule has 0 bridgehead atoms. The quantitative estimate of drug-likeness (QED) is 0.207. The Kier molecular flexibility index (Phi) is 6.41. The van der Waals surface area contributed by atoms with E-state index in [2.05, 4.69) is 9.88 Å². The van der Waals surface area contributed by atoms with Crippen molar-refractivity contribution in [3.8, 4) is 0 Å². The summed E-state index contributed by atoms with van der Waals surface area (Å²) in [6.45, 7) is 4.56. The number of fused-ring (bicyclic) bond motifs is 1. The average Bonchev–Trinajstić information content (AvgIpc) is 3.32. The molecule has 0 unspecified atom stereocenters. The van der Waals surface area contributed by atoms with Crippen LogP contribution in [0.1, 0.15) is 21.5 Å². The van der Waals surface area contributed by atoms with E-state index >= 15 is 0 Å². The number of anilines is 1. The van der Waals surface area contributed by atoms with E-state index in [-0.39, 0.29) is 11.6 Å². The van der Waals surface area contributed by atoms with Gasteiger partial charge in [-0.05, 0) is 48.4 Å². The molecule has 3 aromatic carbocycles. The number of aromatic nitrogens is 1. The van der Waals surface area contributed by atoms with Gasteiger partial charge in [0.15, 0.2) is 5.58 Å². The summed E-state index contributed by atoms with van der Waals surface area (Å²) in [5.41, 5.74) is 5.45. The van der Waals surface area contributed by atoms with Gasteiger partial charge in [0.05, 0.1) is 4.92 Å². The molecule has 0 saturated carbocycles. The van der Waals surface area contributed by atoms with Crippen molar-refractivity contribution in [2.24, 2.45) is 0 Å². The van der Waals surface area contributed by atoms with Gasteiger partial charge in [0, 0.05) is 55.3 Å². The van der Waals surface area contributed by atoms with Crippen LogP contribution in [0.15, 0.2) is 76.4 Å². The van der Waals surface area contributed by atoms with Crippen LogP contribution in [-0.4, -0.2) is 46.9 Å². The predicted octanol–water partition coefficient (Wildman–Crippen LogP) is 5.30. The van der Waals surface area contributed by atoms with Crippen molar-refractivity contribution in [1.82, 2.24) is 9.88 Å². The minimum Gasteiger partial charge on any atom is -0.431 e. The van der Waals surface area contributed by atoms with Crippen LogP contribution in [0.3, 0.4) is 0 Å². The first-order valence-electron chi connectivity index (χ1n) is 11.3. The number of oxazole rings is 1. The molecule has 1 aliphatic rings. The Morgan fingerprint density at radius 3 is 2.51 bits per heavy atom. The number of rotatable bonds is 6. The SMILES string of the molecule is Cc1cccc2oc(SCc3cccc(C(=O)N4CCN(c5ccc([N+](=O)[O-])cc5)CC4)c3)nc12. The number of benzene rings is 3. The first-order chi connectivity index (χ1) is 17.0. The number of para-hydroxylation sites is 1. The van der Waals surface area contributed by atoms with Crippen LogP contribution in [0.25, 0.3) is 11.1 Å². The van der Waals surface area contributed by atoms with Gasteiger partial charge in [0.2, 0.25) is 0 Å². The van der Waals surface area contributed by atoms with Gasteiger partial charge in [-0.25, -0.2) is 4.98 Å². The van der Waals surface area contributed by atoms with Gasteiger partial charge in [-0.1, -0.05) is 36.0 Å². The third-order valence-electron chi connectivity index (χ3n) is 6.13. The summed E-state index contributed by atoms with van der Waals surface area (Å²) in [6, 6.07) is 20.1. The number of aryl methyl sites for hydroxylation is 1. The third-order valence-corrected chi connectivity index (χ3v) is 7.03. The standard InChI is InChI=1S/C26H24N4O4S/c1-18-4-2-7-23-24(18)27-26(34-23)35-17-19-5-3-6-20(16-19)25(31)29-14-12-28(13-15-29)21-8-10-22(11-9-21)30(32)33/h2-11,16H,12-15,17H2,1H3. The Balaban J connectivity index is 1.19. The lowest BCUT2D eigenvalue weighted by molar-refractivity contribution is -0.384. The molecule has 0 N–H and O–H groups in total. The van der Waals surface area contributed by atoms with Crippen LogP contribution in [0.2, 0.25) is 0 Å². The maximum Gasteiger partial charge on any atom is 0.269 e. The van der Waals surface area contributed by atoms with E-state index in [1.807, 2.05) is 54.3 Å². The highest BCUT2D eigenvalue weighted by molar-refractivity contribution is 7.98. The minimum absolute atomic E-state index is 0.0117. The summed E-state index contributed by atoms with van der Waals surface area (Å²) in [5, 5.41) is 11.5. The topological polar surface area (TPSA) is 92.7 Å². The Morgan fingerprint density at radius 2 is 1.80 bits per heavy atom. The second-order valence-corrected chi connectivity index (χ2v) is 9.37. The van der Waals surface area contributed by atoms with Gasteiger partial charge in [0.1, 0.15) is 5.52 Å². The minimum atomic E-state index is -0.402. The molecule has 0 radical (unpaired) electrons. The number of hydrogen-bond donors (Lipinski definition) is 0.